The molecule has 0 aliphatic carbocycles. The van der Waals surface area contributed by atoms with E-state index in [1.54, 1.807) is 23.1 Å². The van der Waals surface area contributed by atoms with Crippen LogP contribution in [-0.2, 0) is 22.6 Å². The Hall–Kier alpha value is -3.02. The fourth-order valence-corrected chi connectivity index (χ4v) is 4.57. The fraction of sp³-hybridized carbons (Fsp3) is 0.355. The highest BCUT2D eigenvalue weighted by Gasteiger charge is 2.32. The van der Waals surface area contributed by atoms with Gasteiger partial charge in [0, 0.05) is 40.5 Å². The summed E-state index contributed by atoms with van der Waals surface area (Å²) in [7, 11) is 0. The average molecular weight is 556 g/mol. The minimum absolute atomic E-state index is 0.116. The minimum atomic E-state index is -0.755. The van der Waals surface area contributed by atoms with Gasteiger partial charge in [-0.25, -0.2) is 0 Å². The molecule has 0 aromatic heterocycles. The summed E-state index contributed by atoms with van der Waals surface area (Å²) in [5.74, 6) is 0.363. The van der Waals surface area contributed by atoms with E-state index in [0.717, 1.165) is 16.9 Å². The Bertz CT molecular complexity index is 1190. The number of amides is 2. The molecule has 1 unspecified atom stereocenters. The van der Waals surface area contributed by atoms with Crippen LogP contribution in [0.2, 0.25) is 10.0 Å². The summed E-state index contributed by atoms with van der Waals surface area (Å²) in [6, 6.07) is 22.0. The van der Waals surface area contributed by atoms with E-state index in [1.165, 1.54) is 0 Å². The molecule has 202 valence electrons. The normalized spacial score (nSPS) is 12.1. The van der Waals surface area contributed by atoms with Crippen molar-refractivity contribution in [3.8, 4) is 5.75 Å². The van der Waals surface area contributed by atoms with E-state index in [4.69, 9.17) is 27.9 Å². The second-order valence-corrected chi connectivity index (χ2v) is 11.2. The van der Waals surface area contributed by atoms with Gasteiger partial charge in [0.2, 0.25) is 11.8 Å². The number of nitrogens with zero attached hydrogens (tertiary/aromatic N) is 1. The van der Waals surface area contributed by atoms with Gasteiger partial charge in [0.25, 0.3) is 0 Å². The van der Waals surface area contributed by atoms with E-state index in [1.807, 2.05) is 82.3 Å². The van der Waals surface area contributed by atoms with E-state index in [9.17, 15) is 9.59 Å². The average Bonchev–Trinajstić information content (AvgIpc) is 2.86. The molecule has 3 aromatic rings. The van der Waals surface area contributed by atoms with Crippen molar-refractivity contribution < 1.29 is 14.3 Å². The maximum Gasteiger partial charge on any atom is 0.243 e. The molecule has 0 saturated carbocycles. The van der Waals surface area contributed by atoms with Crippen LogP contribution in [0.1, 0.15) is 50.3 Å². The second kappa shape index (κ2) is 13.7. The lowest BCUT2D eigenvalue weighted by Crippen LogP contribution is -2.54. The van der Waals surface area contributed by atoms with Gasteiger partial charge in [0.05, 0.1) is 6.61 Å². The van der Waals surface area contributed by atoms with Crippen molar-refractivity contribution in [3.05, 3.63) is 99.5 Å². The quantitative estimate of drug-likeness (QED) is 0.259. The van der Waals surface area contributed by atoms with Gasteiger partial charge in [-0.3, -0.25) is 9.59 Å². The van der Waals surface area contributed by atoms with Crippen molar-refractivity contribution in [2.75, 3.05) is 6.61 Å². The minimum Gasteiger partial charge on any atom is -0.494 e. The first-order valence-corrected chi connectivity index (χ1v) is 13.6. The van der Waals surface area contributed by atoms with Crippen molar-refractivity contribution in [1.82, 2.24) is 10.2 Å². The lowest BCUT2D eigenvalue weighted by Gasteiger charge is -2.34. The SMILES string of the molecule is Cc1ccc(OCCCC(=O)N(Cc2c(Cl)cccc2Cl)C(Cc2ccccc2)C(=O)NC(C)(C)C)cc1. The second-order valence-electron chi connectivity index (χ2n) is 10.4. The van der Waals surface area contributed by atoms with Gasteiger partial charge in [-0.1, -0.05) is 77.3 Å². The predicted octanol–water partition coefficient (Wildman–Crippen LogP) is 7.02. The highest BCUT2D eigenvalue weighted by Crippen LogP contribution is 2.28. The largest absolute Gasteiger partial charge is 0.494 e. The molecule has 2 amide bonds. The Morgan fingerprint density at radius 1 is 0.921 bits per heavy atom. The van der Waals surface area contributed by atoms with Gasteiger partial charge in [-0.2, -0.15) is 0 Å². The number of halogens is 2. The fourth-order valence-electron chi connectivity index (χ4n) is 4.05. The summed E-state index contributed by atoms with van der Waals surface area (Å²) in [4.78, 5) is 29.0. The van der Waals surface area contributed by atoms with Crippen LogP contribution in [0.3, 0.4) is 0 Å². The zero-order valence-corrected chi connectivity index (χ0v) is 24.0. The number of benzene rings is 3. The highest BCUT2D eigenvalue weighted by molar-refractivity contribution is 6.36. The van der Waals surface area contributed by atoms with Crippen molar-refractivity contribution in [2.24, 2.45) is 0 Å². The van der Waals surface area contributed by atoms with Gasteiger partial charge in [-0.05, 0) is 63.9 Å². The monoisotopic (exact) mass is 554 g/mol. The van der Waals surface area contributed by atoms with Crippen molar-refractivity contribution in [2.45, 2.75) is 65.1 Å². The van der Waals surface area contributed by atoms with Crippen LogP contribution in [0.4, 0.5) is 0 Å². The standard InChI is InChI=1S/C31H36Cl2N2O3/c1-22-15-17-24(18-16-22)38-19-9-14-29(36)35(21-25-26(32)12-8-13-27(25)33)28(30(37)34-31(2,3)4)20-23-10-6-5-7-11-23/h5-8,10-13,15-18,28H,9,14,19-21H2,1-4H3,(H,34,37). The van der Waals surface area contributed by atoms with E-state index >= 15 is 0 Å². The Kier molecular flexibility index (Phi) is 10.6. The molecule has 3 aromatic carbocycles. The number of carbonyl (C=O) groups is 2. The third-order valence-corrected chi connectivity index (χ3v) is 6.69. The summed E-state index contributed by atoms with van der Waals surface area (Å²) in [6.07, 6.45) is 1.07. The van der Waals surface area contributed by atoms with Gasteiger partial charge < -0.3 is 15.0 Å². The Labute approximate surface area is 236 Å². The van der Waals surface area contributed by atoms with Crippen LogP contribution < -0.4 is 10.1 Å². The molecule has 0 spiro atoms. The lowest BCUT2D eigenvalue weighted by atomic mass is 10.00. The summed E-state index contributed by atoms with van der Waals surface area (Å²) >= 11 is 13.0. The number of aryl methyl sites for hydroxylation is 1. The van der Waals surface area contributed by atoms with E-state index < -0.39 is 11.6 Å². The Morgan fingerprint density at radius 3 is 2.16 bits per heavy atom. The van der Waals surface area contributed by atoms with Gasteiger partial charge >= 0.3 is 0 Å². The maximum absolute atomic E-state index is 13.7. The van der Waals surface area contributed by atoms with Crippen LogP contribution in [-0.4, -0.2) is 34.9 Å². The molecule has 0 radical (unpaired) electrons. The molecule has 3 rings (SSSR count). The van der Waals surface area contributed by atoms with E-state index in [-0.39, 0.29) is 24.8 Å². The van der Waals surface area contributed by atoms with Gasteiger partial charge in [0.15, 0.2) is 0 Å². The van der Waals surface area contributed by atoms with E-state index in [2.05, 4.69) is 5.32 Å². The van der Waals surface area contributed by atoms with Crippen LogP contribution >= 0.6 is 23.2 Å². The maximum atomic E-state index is 13.7. The van der Waals surface area contributed by atoms with Crippen molar-refractivity contribution >= 4 is 35.0 Å². The molecule has 0 aliphatic rings. The highest BCUT2D eigenvalue weighted by atomic mass is 35.5. The summed E-state index contributed by atoms with van der Waals surface area (Å²) in [6.45, 7) is 8.28. The predicted molar refractivity (Wildman–Crippen MR) is 155 cm³/mol. The number of carbonyl (C=O) groups excluding carboxylic acids is 2. The summed E-state index contributed by atoms with van der Waals surface area (Å²) in [5.41, 5.74) is 2.25. The van der Waals surface area contributed by atoms with Crippen molar-refractivity contribution in [1.29, 1.82) is 0 Å². The molecule has 7 heteroatoms. The molecule has 0 heterocycles. The lowest BCUT2D eigenvalue weighted by molar-refractivity contribution is -0.142. The van der Waals surface area contributed by atoms with Crippen LogP contribution in [0, 0.1) is 6.92 Å². The topological polar surface area (TPSA) is 58.6 Å². The van der Waals surface area contributed by atoms with Crippen molar-refractivity contribution in [3.63, 3.8) is 0 Å². The molecule has 1 N–H and O–H groups in total. The van der Waals surface area contributed by atoms with E-state index in [0.29, 0.717) is 35.1 Å². The molecule has 0 fully saturated rings. The first-order valence-electron chi connectivity index (χ1n) is 12.8. The smallest absolute Gasteiger partial charge is 0.243 e. The zero-order chi connectivity index (χ0) is 27.7. The number of rotatable bonds is 11. The van der Waals surface area contributed by atoms with Crippen LogP contribution in [0.5, 0.6) is 5.75 Å². The van der Waals surface area contributed by atoms with Crippen LogP contribution in [0.15, 0.2) is 72.8 Å². The third-order valence-electron chi connectivity index (χ3n) is 5.98. The Morgan fingerprint density at radius 2 is 1.55 bits per heavy atom. The molecule has 0 bridgehead atoms. The third kappa shape index (κ3) is 9.07. The molecule has 38 heavy (non-hydrogen) atoms. The number of hydrogen-bond donors (Lipinski definition) is 1. The summed E-state index contributed by atoms with van der Waals surface area (Å²) < 4.78 is 5.82. The molecular weight excluding hydrogens is 519 g/mol. The number of hydrogen-bond acceptors (Lipinski definition) is 3. The zero-order valence-electron chi connectivity index (χ0n) is 22.5. The molecule has 0 saturated heterocycles. The molecule has 0 aliphatic heterocycles. The van der Waals surface area contributed by atoms with Gasteiger partial charge in [0.1, 0.15) is 11.8 Å². The van der Waals surface area contributed by atoms with Gasteiger partial charge in [-0.15, -0.1) is 0 Å². The van der Waals surface area contributed by atoms with Crippen LogP contribution in [0.25, 0.3) is 0 Å². The molecular formula is C31H36Cl2N2O3. The Balaban J connectivity index is 1.85. The first kappa shape index (κ1) is 29.5. The molecule has 5 nitrogen and oxygen atoms in total. The number of nitrogens with one attached hydrogen (secondary N) is 1. The molecule has 1 atom stereocenters. The summed E-state index contributed by atoms with van der Waals surface area (Å²) in [5, 5.41) is 3.96. The first-order chi connectivity index (χ1) is 18.0. The number of ether oxygens (including phenoxy) is 1.